The SMILES string of the molecule is Cc1cc(NC(=O)c2cncc(F)c2)c(C(=O)O)[nH]1. The molecule has 0 aliphatic heterocycles. The second-order valence-electron chi connectivity index (χ2n) is 3.89. The molecule has 3 N–H and O–H groups in total. The fraction of sp³-hybridized carbons (Fsp3) is 0.0833. The molecule has 0 atom stereocenters. The number of pyridine rings is 1. The van der Waals surface area contributed by atoms with Gasteiger partial charge in [-0.05, 0) is 19.1 Å². The van der Waals surface area contributed by atoms with Crippen LogP contribution in [0.5, 0.6) is 0 Å². The molecule has 19 heavy (non-hydrogen) atoms. The molecule has 0 radical (unpaired) electrons. The van der Waals surface area contributed by atoms with Crippen LogP contribution < -0.4 is 5.32 Å². The third kappa shape index (κ3) is 2.76. The molecule has 0 saturated carbocycles. The highest BCUT2D eigenvalue weighted by Crippen LogP contribution is 2.17. The minimum absolute atomic E-state index is 0.00944. The van der Waals surface area contributed by atoms with Crippen LogP contribution in [-0.2, 0) is 0 Å². The first kappa shape index (κ1) is 12.7. The van der Waals surface area contributed by atoms with Crippen LogP contribution >= 0.6 is 0 Å². The molecule has 0 bridgehead atoms. The Hall–Kier alpha value is -2.70. The van der Waals surface area contributed by atoms with Crippen LogP contribution in [0.3, 0.4) is 0 Å². The number of carbonyl (C=O) groups excluding carboxylic acids is 1. The quantitative estimate of drug-likeness (QED) is 0.787. The van der Waals surface area contributed by atoms with Gasteiger partial charge >= 0.3 is 5.97 Å². The third-order valence-electron chi connectivity index (χ3n) is 2.38. The number of hydrogen-bond donors (Lipinski definition) is 3. The molecular weight excluding hydrogens is 253 g/mol. The third-order valence-corrected chi connectivity index (χ3v) is 2.38. The van der Waals surface area contributed by atoms with Gasteiger partial charge in [-0.2, -0.15) is 0 Å². The highest BCUT2D eigenvalue weighted by molar-refractivity contribution is 6.07. The fourth-order valence-electron chi connectivity index (χ4n) is 1.59. The molecule has 0 aromatic carbocycles. The highest BCUT2D eigenvalue weighted by Gasteiger charge is 2.16. The van der Waals surface area contributed by atoms with Crippen molar-refractivity contribution >= 4 is 17.6 Å². The van der Waals surface area contributed by atoms with E-state index in [4.69, 9.17) is 5.11 Å². The predicted molar refractivity (Wildman–Crippen MR) is 64.6 cm³/mol. The molecule has 2 heterocycles. The van der Waals surface area contributed by atoms with Crippen LogP contribution in [0, 0.1) is 12.7 Å². The maximum atomic E-state index is 12.9. The summed E-state index contributed by atoms with van der Waals surface area (Å²) in [7, 11) is 0. The molecule has 0 spiro atoms. The van der Waals surface area contributed by atoms with E-state index in [1.165, 1.54) is 12.3 Å². The molecule has 0 fully saturated rings. The van der Waals surface area contributed by atoms with Crippen molar-refractivity contribution in [2.24, 2.45) is 0 Å². The van der Waals surface area contributed by atoms with Crippen molar-refractivity contribution in [3.05, 3.63) is 47.3 Å². The van der Waals surface area contributed by atoms with Gasteiger partial charge in [0.25, 0.3) is 5.91 Å². The molecule has 2 aromatic heterocycles. The largest absolute Gasteiger partial charge is 0.477 e. The maximum absolute atomic E-state index is 12.9. The number of amides is 1. The Kier molecular flexibility index (Phi) is 3.28. The number of carboxylic acid groups (broad SMARTS) is 1. The van der Waals surface area contributed by atoms with E-state index in [0.717, 1.165) is 12.3 Å². The lowest BCUT2D eigenvalue weighted by Gasteiger charge is -2.04. The van der Waals surface area contributed by atoms with Crippen molar-refractivity contribution < 1.29 is 19.1 Å². The standard InChI is InChI=1S/C12H10FN3O3/c1-6-2-9(10(15-6)12(18)19)16-11(17)7-3-8(13)5-14-4-7/h2-5,15H,1H3,(H,16,17)(H,18,19). The summed E-state index contributed by atoms with van der Waals surface area (Å²) in [6.07, 6.45) is 2.16. The van der Waals surface area contributed by atoms with E-state index in [2.05, 4.69) is 15.3 Å². The summed E-state index contributed by atoms with van der Waals surface area (Å²) < 4.78 is 12.9. The summed E-state index contributed by atoms with van der Waals surface area (Å²) in [5.74, 6) is -2.47. The summed E-state index contributed by atoms with van der Waals surface area (Å²) in [5, 5.41) is 11.4. The number of carboxylic acids is 1. The van der Waals surface area contributed by atoms with Crippen LogP contribution in [0.25, 0.3) is 0 Å². The minimum atomic E-state index is -1.19. The van der Waals surface area contributed by atoms with Crippen molar-refractivity contribution in [2.45, 2.75) is 6.92 Å². The number of nitrogens with one attached hydrogen (secondary N) is 2. The Morgan fingerprint density at radius 2 is 2.11 bits per heavy atom. The van der Waals surface area contributed by atoms with Gasteiger partial charge in [0, 0.05) is 11.9 Å². The number of carbonyl (C=O) groups is 2. The van der Waals surface area contributed by atoms with E-state index in [-0.39, 0.29) is 16.9 Å². The molecule has 0 unspecified atom stereocenters. The monoisotopic (exact) mass is 263 g/mol. The first-order valence-corrected chi connectivity index (χ1v) is 5.32. The molecule has 0 aliphatic carbocycles. The second kappa shape index (κ2) is 4.89. The van der Waals surface area contributed by atoms with Crippen molar-refractivity contribution in [2.75, 3.05) is 5.32 Å². The van der Waals surface area contributed by atoms with Gasteiger partial charge in [-0.1, -0.05) is 0 Å². The van der Waals surface area contributed by atoms with Gasteiger partial charge in [0.1, 0.15) is 11.5 Å². The summed E-state index contributed by atoms with van der Waals surface area (Å²) >= 11 is 0. The second-order valence-corrected chi connectivity index (χ2v) is 3.89. The average molecular weight is 263 g/mol. The van der Waals surface area contributed by atoms with E-state index >= 15 is 0 Å². The van der Waals surface area contributed by atoms with Gasteiger partial charge in [0.05, 0.1) is 17.4 Å². The average Bonchev–Trinajstić information content (AvgIpc) is 2.70. The number of aromatic nitrogens is 2. The van der Waals surface area contributed by atoms with Crippen LogP contribution in [0.1, 0.15) is 26.5 Å². The summed E-state index contributed by atoms with van der Waals surface area (Å²) in [6, 6.07) is 2.50. The van der Waals surface area contributed by atoms with Crippen LogP contribution in [-0.4, -0.2) is 27.0 Å². The number of rotatable bonds is 3. The molecule has 98 valence electrons. The van der Waals surface area contributed by atoms with Crippen LogP contribution in [0.4, 0.5) is 10.1 Å². The summed E-state index contributed by atoms with van der Waals surface area (Å²) in [6.45, 7) is 1.66. The van der Waals surface area contributed by atoms with E-state index in [9.17, 15) is 14.0 Å². The zero-order valence-corrected chi connectivity index (χ0v) is 9.90. The Morgan fingerprint density at radius 1 is 1.37 bits per heavy atom. The van der Waals surface area contributed by atoms with E-state index in [0.29, 0.717) is 5.69 Å². The molecule has 1 amide bonds. The van der Waals surface area contributed by atoms with Crippen LogP contribution in [0.2, 0.25) is 0 Å². The molecule has 6 nitrogen and oxygen atoms in total. The molecule has 2 aromatic rings. The van der Waals surface area contributed by atoms with Crippen molar-refractivity contribution in [3.8, 4) is 0 Å². The van der Waals surface area contributed by atoms with E-state index in [1.54, 1.807) is 6.92 Å². The molecule has 0 saturated heterocycles. The van der Waals surface area contributed by atoms with Crippen molar-refractivity contribution in [3.63, 3.8) is 0 Å². The number of aromatic amines is 1. The number of hydrogen-bond acceptors (Lipinski definition) is 3. The lowest BCUT2D eigenvalue weighted by Crippen LogP contribution is -2.14. The van der Waals surface area contributed by atoms with Gasteiger partial charge in [0.2, 0.25) is 0 Å². The first-order chi connectivity index (χ1) is 8.97. The molecule has 2 rings (SSSR count). The predicted octanol–water partition coefficient (Wildman–Crippen LogP) is 1.81. The van der Waals surface area contributed by atoms with Crippen molar-refractivity contribution in [1.29, 1.82) is 0 Å². The van der Waals surface area contributed by atoms with Gasteiger partial charge in [-0.15, -0.1) is 0 Å². The highest BCUT2D eigenvalue weighted by atomic mass is 19.1. The minimum Gasteiger partial charge on any atom is -0.477 e. The number of halogens is 1. The number of anilines is 1. The first-order valence-electron chi connectivity index (χ1n) is 5.32. The van der Waals surface area contributed by atoms with Gasteiger partial charge in [-0.3, -0.25) is 9.78 Å². The van der Waals surface area contributed by atoms with Crippen molar-refractivity contribution in [1.82, 2.24) is 9.97 Å². The Balaban J connectivity index is 2.26. The lowest BCUT2D eigenvalue weighted by atomic mass is 10.2. The molecular formula is C12H10FN3O3. The fourth-order valence-corrected chi connectivity index (χ4v) is 1.59. The zero-order chi connectivity index (χ0) is 14.0. The smallest absolute Gasteiger partial charge is 0.354 e. The number of aromatic carboxylic acids is 1. The van der Waals surface area contributed by atoms with E-state index in [1.807, 2.05) is 0 Å². The number of aryl methyl sites for hydroxylation is 1. The maximum Gasteiger partial charge on any atom is 0.354 e. The van der Waals surface area contributed by atoms with Crippen LogP contribution in [0.15, 0.2) is 24.5 Å². The Bertz CT molecular complexity index is 651. The number of nitrogens with zero attached hydrogens (tertiary/aromatic N) is 1. The Labute approximate surface area is 107 Å². The normalized spacial score (nSPS) is 10.2. The Morgan fingerprint density at radius 3 is 2.74 bits per heavy atom. The molecule has 7 heteroatoms. The number of H-pyrrole nitrogens is 1. The summed E-state index contributed by atoms with van der Waals surface area (Å²) in [5.41, 5.74) is 0.592. The summed E-state index contributed by atoms with van der Waals surface area (Å²) in [4.78, 5) is 28.9. The van der Waals surface area contributed by atoms with Gasteiger partial charge in [-0.25, -0.2) is 9.18 Å². The zero-order valence-electron chi connectivity index (χ0n) is 9.90. The van der Waals surface area contributed by atoms with Gasteiger partial charge in [0.15, 0.2) is 0 Å². The lowest BCUT2D eigenvalue weighted by molar-refractivity contribution is 0.0692. The van der Waals surface area contributed by atoms with E-state index < -0.39 is 17.7 Å². The molecule has 0 aliphatic rings. The topological polar surface area (TPSA) is 95.1 Å². The van der Waals surface area contributed by atoms with Gasteiger partial charge < -0.3 is 15.4 Å².